The van der Waals surface area contributed by atoms with Crippen LogP contribution in [0.1, 0.15) is 50.6 Å². The molecule has 0 bridgehead atoms. The molecule has 0 amide bonds. The summed E-state index contributed by atoms with van der Waals surface area (Å²) in [5.74, 6) is 0.626. The highest BCUT2D eigenvalue weighted by atomic mass is 16.1. The second kappa shape index (κ2) is 5.84. The lowest BCUT2D eigenvalue weighted by Gasteiger charge is -2.21. The van der Waals surface area contributed by atoms with Crippen molar-refractivity contribution in [3.63, 3.8) is 0 Å². The summed E-state index contributed by atoms with van der Waals surface area (Å²) < 4.78 is 0. The molecule has 2 N–H and O–H groups in total. The van der Waals surface area contributed by atoms with Crippen molar-refractivity contribution in [2.24, 2.45) is 0 Å². The smallest absolute Gasteiger partial charge is 0.252 e. The molecule has 0 saturated heterocycles. The Morgan fingerprint density at radius 1 is 1.24 bits per heavy atom. The summed E-state index contributed by atoms with van der Waals surface area (Å²) >= 11 is 0. The van der Waals surface area contributed by atoms with E-state index in [1.165, 1.54) is 51.0 Å². The molecule has 1 aliphatic rings. The minimum Gasteiger partial charge on any atom is -0.353 e. The van der Waals surface area contributed by atoms with Crippen LogP contribution >= 0.6 is 0 Å². The number of nitrogens with one attached hydrogen (secondary N) is 2. The molecule has 0 radical (unpaired) electrons. The normalized spacial score (nSPS) is 18.4. The van der Waals surface area contributed by atoms with E-state index in [9.17, 15) is 4.79 Å². The van der Waals surface area contributed by atoms with Gasteiger partial charge >= 0.3 is 0 Å². The first-order valence-electron chi connectivity index (χ1n) is 6.58. The number of hydrogen-bond donors (Lipinski definition) is 2. The molecule has 1 fully saturated rings. The molecule has 0 unspecified atom stereocenters. The minimum absolute atomic E-state index is 0.0779. The van der Waals surface area contributed by atoms with Gasteiger partial charge in [-0.15, -0.1) is 0 Å². The summed E-state index contributed by atoms with van der Waals surface area (Å²) in [6.45, 7) is 1.85. The van der Waals surface area contributed by atoms with Crippen molar-refractivity contribution in [2.75, 3.05) is 5.32 Å². The molecule has 94 valence electrons. The molecule has 0 aromatic carbocycles. The molecular weight excluding hydrogens is 214 g/mol. The van der Waals surface area contributed by atoms with E-state index in [0.717, 1.165) is 5.69 Å². The monoisotopic (exact) mass is 235 g/mol. The number of anilines is 1. The van der Waals surface area contributed by atoms with E-state index in [1.807, 2.05) is 6.92 Å². The Bertz CT molecular complexity index is 405. The summed E-state index contributed by atoms with van der Waals surface area (Å²) in [7, 11) is 0. The second-order valence-electron chi connectivity index (χ2n) is 4.92. The van der Waals surface area contributed by atoms with E-state index in [0.29, 0.717) is 12.0 Å². The molecule has 1 aromatic heterocycles. The molecule has 1 aromatic rings. The maximum Gasteiger partial charge on any atom is 0.252 e. The Labute approximate surface area is 102 Å². The number of aromatic nitrogens is 2. The van der Waals surface area contributed by atoms with Crippen LogP contribution in [0.2, 0.25) is 0 Å². The van der Waals surface area contributed by atoms with Crippen LogP contribution in [0.4, 0.5) is 5.95 Å². The average Bonchev–Trinajstić information content (AvgIpc) is 2.20. The van der Waals surface area contributed by atoms with Crippen LogP contribution in [0, 0.1) is 6.92 Å². The lowest BCUT2D eigenvalue weighted by Crippen LogP contribution is -2.24. The van der Waals surface area contributed by atoms with Gasteiger partial charge in [-0.25, -0.2) is 4.98 Å². The summed E-state index contributed by atoms with van der Waals surface area (Å²) in [5, 5.41) is 3.36. The Kier molecular flexibility index (Phi) is 4.18. The minimum atomic E-state index is -0.0779. The van der Waals surface area contributed by atoms with Gasteiger partial charge < -0.3 is 5.32 Å². The standard InChI is InChI=1S/C13H21N3O/c1-10-9-12(17)16-13(14-10)15-11-7-5-3-2-4-6-8-11/h9,11H,2-8H2,1H3,(H2,14,15,16,17). The first-order valence-corrected chi connectivity index (χ1v) is 6.58. The summed E-state index contributed by atoms with van der Waals surface area (Å²) in [6.07, 6.45) is 8.93. The number of H-pyrrole nitrogens is 1. The van der Waals surface area contributed by atoms with Gasteiger partial charge in [-0.1, -0.05) is 32.1 Å². The van der Waals surface area contributed by atoms with Crippen LogP contribution in [0.25, 0.3) is 0 Å². The predicted molar refractivity (Wildman–Crippen MR) is 69.3 cm³/mol. The van der Waals surface area contributed by atoms with Gasteiger partial charge in [-0.3, -0.25) is 9.78 Å². The average molecular weight is 235 g/mol. The van der Waals surface area contributed by atoms with Crippen LogP contribution < -0.4 is 10.9 Å². The molecule has 0 spiro atoms. The predicted octanol–water partition coefficient (Wildman–Crippen LogP) is 2.60. The number of aryl methyl sites for hydroxylation is 1. The molecule has 2 rings (SSSR count). The van der Waals surface area contributed by atoms with Crippen molar-refractivity contribution >= 4 is 5.95 Å². The fourth-order valence-corrected chi connectivity index (χ4v) is 2.44. The molecule has 4 nitrogen and oxygen atoms in total. The quantitative estimate of drug-likeness (QED) is 0.828. The van der Waals surface area contributed by atoms with Gasteiger partial charge in [0.05, 0.1) is 0 Å². The summed E-state index contributed by atoms with van der Waals surface area (Å²) in [4.78, 5) is 18.4. The summed E-state index contributed by atoms with van der Waals surface area (Å²) in [5.41, 5.74) is 0.688. The van der Waals surface area contributed by atoms with Gasteiger partial charge in [0.1, 0.15) is 0 Å². The van der Waals surface area contributed by atoms with E-state index >= 15 is 0 Å². The van der Waals surface area contributed by atoms with Gasteiger partial charge in [0.2, 0.25) is 5.95 Å². The third kappa shape index (κ3) is 3.88. The van der Waals surface area contributed by atoms with Gasteiger partial charge in [-0.2, -0.15) is 0 Å². The zero-order valence-corrected chi connectivity index (χ0v) is 10.5. The van der Waals surface area contributed by atoms with Crippen molar-refractivity contribution in [3.05, 3.63) is 22.1 Å². The number of hydrogen-bond acceptors (Lipinski definition) is 3. The number of aromatic amines is 1. The Hall–Kier alpha value is -1.32. The number of nitrogens with zero attached hydrogens (tertiary/aromatic N) is 1. The third-order valence-corrected chi connectivity index (χ3v) is 3.32. The zero-order chi connectivity index (χ0) is 12.1. The van der Waals surface area contributed by atoms with Crippen molar-refractivity contribution in [3.8, 4) is 0 Å². The first kappa shape index (κ1) is 12.1. The highest BCUT2D eigenvalue weighted by Crippen LogP contribution is 2.19. The van der Waals surface area contributed by atoms with E-state index in [2.05, 4.69) is 15.3 Å². The molecule has 4 heteroatoms. The topological polar surface area (TPSA) is 57.8 Å². The van der Waals surface area contributed by atoms with Gasteiger partial charge in [0.15, 0.2) is 0 Å². The zero-order valence-electron chi connectivity index (χ0n) is 10.5. The van der Waals surface area contributed by atoms with Gasteiger partial charge in [-0.05, 0) is 19.8 Å². The van der Waals surface area contributed by atoms with Crippen LogP contribution in [0.15, 0.2) is 10.9 Å². The Balaban J connectivity index is 2.00. The van der Waals surface area contributed by atoms with Crippen molar-refractivity contribution < 1.29 is 0 Å². The van der Waals surface area contributed by atoms with Crippen LogP contribution in [-0.4, -0.2) is 16.0 Å². The molecule has 0 aliphatic heterocycles. The van der Waals surface area contributed by atoms with E-state index in [-0.39, 0.29) is 5.56 Å². The molecule has 17 heavy (non-hydrogen) atoms. The largest absolute Gasteiger partial charge is 0.353 e. The second-order valence-corrected chi connectivity index (χ2v) is 4.92. The van der Waals surface area contributed by atoms with Gasteiger partial charge in [0, 0.05) is 17.8 Å². The van der Waals surface area contributed by atoms with E-state index in [4.69, 9.17) is 0 Å². The maximum atomic E-state index is 11.3. The Morgan fingerprint density at radius 3 is 2.53 bits per heavy atom. The lowest BCUT2D eigenvalue weighted by atomic mass is 9.97. The van der Waals surface area contributed by atoms with Gasteiger partial charge in [0.25, 0.3) is 5.56 Å². The molecule has 0 atom stereocenters. The highest BCUT2D eigenvalue weighted by Gasteiger charge is 2.12. The number of rotatable bonds is 2. The molecule has 1 heterocycles. The highest BCUT2D eigenvalue weighted by molar-refractivity contribution is 5.26. The first-order chi connectivity index (χ1) is 8.24. The maximum absolute atomic E-state index is 11.3. The Morgan fingerprint density at radius 2 is 1.88 bits per heavy atom. The summed E-state index contributed by atoms with van der Waals surface area (Å²) in [6, 6.07) is 1.98. The SMILES string of the molecule is Cc1cc(=O)[nH]c(NC2CCCCCCC2)n1. The van der Waals surface area contributed by atoms with E-state index < -0.39 is 0 Å². The van der Waals surface area contributed by atoms with E-state index in [1.54, 1.807) is 0 Å². The van der Waals surface area contributed by atoms with Crippen molar-refractivity contribution in [1.29, 1.82) is 0 Å². The lowest BCUT2D eigenvalue weighted by molar-refractivity contribution is 0.469. The van der Waals surface area contributed by atoms with Crippen molar-refractivity contribution in [2.45, 2.75) is 57.9 Å². The third-order valence-electron chi connectivity index (χ3n) is 3.32. The molecule has 1 aliphatic carbocycles. The van der Waals surface area contributed by atoms with Crippen molar-refractivity contribution in [1.82, 2.24) is 9.97 Å². The fourth-order valence-electron chi connectivity index (χ4n) is 2.44. The molecule has 1 saturated carbocycles. The fraction of sp³-hybridized carbons (Fsp3) is 0.692. The van der Waals surface area contributed by atoms with Crippen LogP contribution in [0.3, 0.4) is 0 Å². The van der Waals surface area contributed by atoms with Crippen LogP contribution in [-0.2, 0) is 0 Å². The van der Waals surface area contributed by atoms with Crippen LogP contribution in [0.5, 0.6) is 0 Å². The molecular formula is C13H21N3O.